The summed E-state index contributed by atoms with van der Waals surface area (Å²) in [4.78, 5) is 0. The van der Waals surface area contributed by atoms with Crippen LogP contribution in [-0.2, 0) is 6.42 Å². The molecule has 0 amide bonds. The van der Waals surface area contributed by atoms with E-state index in [2.05, 4.69) is 36.5 Å². The van der Waals surface area contributed by atoms with Gasteiger partial charge >= 0.3 is 0 Å². The number of rotatable bonds is 5. The normalized spacial score (nSPS) is 17.0. The van der Waals surface area contributed by atoms with Gasteiger partial charge in [-0.1, -0.05) is 19.1 Å². The van der Waals surface area contributed by atoms with Gasteiger partial charge in [-0.2, -0.15) is 0 Å². The molecular weight excluding hydrogens is 210 g/mol. The average molecular weight is 233 g/mol. The van der Waals surface area contributed by atoms with Crippen molar-refractivity contribution in [2.75, 3.05) is 19.7 Å². The van der Waals surface area contributed by atoms with Gasteiger partial charge in [0.1, 0.15) is 5.75 Å². The molecule has 0 bridgehead atoms. The maximum atomic E-state index is 5.83. The van der Waals surface area contributed by atoms with Gasteiger partial charge in [-0.05, 0) is 62.4 Å². The fourth-order valence-electron chi connectivity index (χ4n) is 2.37. The summed E-state index contributed by atoms with van der Waals surface area (Å²) >= 11 is 0. The van der Waals surface area contributed by atoms with Crippen LogP contribution in [0.5, 0.6) is 5.75 Å². The third-order valence-electron chi connectivity index (χ3n) is 3.56. The van der Waals surface area contributed by atoms with E-state index in [0.29, 0.717) is 0 Å². The van der Waals surface area contributed by atoms with Crippen molar-refractivity contribution < 1.29 is 4.74 Å². The molecule has 0 aromatic heterocycles. The number of hydrogen-bond acceptors (Lipinski definition) is 2. The number of aryl methyl sites for hydroxylation is 1. The first-order chi connectivity index (χ1) is 8.38. The smallest absolute Gasteiger partial charge is 0.119 e. The Morgan fingerprint density at radius 2 is 2.12 bits per heavy atom. The number of benzene rings is 1. The van der Waals surface area contributed by atoms with Crippen molar-refractivity contribution in [3.05, 3.63) is 29.8 Å². The highest BCUT2D eigenvalue weighted by Gasteiger charge is 2.12. The highest BCUT2D eigenvalue weighted by molar-refractivity contribution is 5.28. The maximum absolute atomic E-state index is 5.83. The molecule has 0 unspecified atom stereocenters. The molecule has 0 saturated carbocycles. The van der Waals surface area contributed by atoms with Crippen molar-refractivity contribution in [1.29, 1.82) is 0 Å². The third kappa shape index (κ3) is 4.04. The van der Waals surface area contributed by atoms with E-state index < -0.39 is 0 Å². The molecule has 1 heterocycles. The lowest BCUT2D eigenvalue weighted by Crippen LogP contribution is -2.28. The summed E-state index contributed by atoms with van der Waals surface area (Å²) in [6.07, 6.45) is 4.88. The summed E-state index contributed by atoms with van der Waals surface area (Å²) in [5.41, 5.74) is 1.35. The van der Waals surface area contributed by atoms with Crippen LogP contribution in [0, 0.1) is 5.92 Å². The fourth-order valence-corrected chi connectivity index (χ4v) is 2.37. The second-order valence-corrected chi connectivity index (χ2v) is 4.83. The molecule has 1 aliphatic rings. The van der Waals surface area contributed by atoms with Crippen LogP contribution in [0.4, 0.5) is 0 Å². The van der Waals surface area contributed by atoms with Gasteiger partial charge in [0.25, 0.3) is 0 Å². The van der Waals surface area contributed by atoms with Crippen molar-refractivity contribution in [2.24, 2.45) is 5.92 Å². The van der Waals surface area contributed by atoms with Crippen LogP contribution in [0.15, 0.2) is 24.3 Å². The van der Waals surface area contributed by atoms with E-state index in [0.717, 1.165) is 24.7 Å². The Kier molecular flexibility index (Phi) is 4.87. The van der Waals surface area contributed by atoms with Crippen molar-refractivity contribution in [3.8, 4) is 5.75 Å². The number of ether oxygens (including phenoxy) is 1. The molecule has 2 rings (SSSR count). The van der Waals surface area contributed by atoms with E-state index in [1.165, 1.54) is 37.9 Å². The Morgan fingerprint density at radius 1 is 1.29 bits per heavy atom. The van der Waals surface area contributed by atoms with Gasteiger partial charge in [0.05, 0.1) is 6.61 Å². The Hall–Kier alpha value is -1.02. The van der Waals surface area contributed by atoms with Crippen LogP contribution in [0.25, 0.3) is 0 Å². The van der Waals surface area contributed by atoms with Crippen molar-refractivity contribution in [3.63, 3.8) is 0 Å². The summed E-state index contributed by atoms with van der Waals surface area (Å²) in [5.74, 6) is 1.88. The predicted octanol–water partition coefficient (Wildman–Crippen LogP) is 3.02. The standard InChI is InChI=1S/C15H23NO/c1-2-13-4-3-5-15(12-13)17-11-8-14-6-9-16-10-7-14/h3-5,12,14,16H,2,6-11H2,1H3. The summed E-state index contributed by atoms with van der Waals surface area (Å²) in [7, 11) is 0. The summed E-state index contributed by atoms with van der Waals surface area (Å²) < 4.78 is 5.83. The second kappa shape index (κ2) is 6.65. The van der Waals surface area contributed by atoms with Crippen LogP contribution in [0.3, 0.4) is 0 Å². The van der Waals surface area contributed by atoms with Gasteiger partial charge in [0.2, 0.25) is 0 Å². The minimum Gasteiger partial charge on any atom is -0.494 e. The zero-order chi connectivity index (χ0) is 11.9. The Bertz CT molecular complexity index is 331. The van der Waals surface area contributed by atoms with Gasteiger partial charge in [0.15, 0.2) is 0 Å². The first-order valence-electron chi connectivity index (χ1n) is 6.81. The van der Waals surface area contributed by atoms with Gasteiger partial charge in [-0.15, -0.1) is 0 Å². The molecule has 0 aliphatic carbocycles. The van der Waals surface area contributed by atoms with E-state index in [1.807, 2.05) is 0 Å². The Balaban J connectivity index is 1.73. The minimum absolute atomic E-state index is 0.852. The predicted molar refractivity (Wildman–Crippen MR) is 71.5 cm³/mol. The molecule has 1 N–H and O–H groups in total. The molecule has 1 aromatic carbocycles. The van der Waals surface area contributed by atoms with Gasteiger partial charge in [-0.25, -0.2) is 0 Å². The zero-order valence-corrected chi connectivity index (χ0v) is 10.7. The monoisotopic (exact) mass is 233 g/mol. The summed E-state index contributed by atoms with van der Waals surface area (Å²) in [6, 6.07) is 8.45. The number of hydrogen-bond donors (Lipinski definition) is 1. The van der Waals surface area contributed by atoms with Crippen LogP contribution in [0.2, 0.25) is 0 Å². The van der Waals surface area contributed by atoms with E-state index in [9.17, 15) is 0 Å². The second-order valence-electron chi connectivity index (χ2n) is 4.83. The quantitative estimate of drug-likeness (QED) is 0.844. The lowest BCUT2D eigenvalue weighted by Gasteiger charge is -2.22. The maximum Gasteiger partial charge on any atom is 0.119 e. The molecule has 1 saturated heterocycles. The van der Waals surface area contributed by atoms with E-state index in [-0.39, 0.29) is 0 Å². The summed E-state index contributed by atoms with van der Waals surface area (Å²) in [5, 5.41) is 3.40. The first-order valence-corrected chi connectivity index (χ1v) is 6.81. The van der Waals surface area contributed by atoms with Gasteiger partial charge < -0.3 is 10.1 Å². The molecule has 0 spiro atoms. The van der Waals surface area contributed by atoms with Gasteiger partial charge in [-0.3, -0.25) is 0 Å². The lowest BCUT2D eigenvalue weighted by atomic mass is 9.95. The van der Waals surface area contributed by atoms with Crippen LogP contribution >= 0.6 is 0 Å². The van der Waals surface area contributed by atoms with Crippen LogP contribution in [0.1, 0.15) is 31.7 Å². The average Bonchev–Trinajstić information content (AvgIpc) is 2.40. The molecule has 2 heteroatoms. The lowest BCUT2D eigenvalue weighted by molar-refractivity contribution is 0.251. The largest absolute Gasteiger partial charge is 0.494 e. The number of nitrogens with one attached hydrogen (secondary N) is 1. The molecule has 0 atom stereocenters. The molecule has 1 fully saturated rings. The van der Waals surface area contributed by atoms with Crippen LogP contribution < -0.4 is 10.1 Å². The Labute approximate surface area is 104 Å². The van der Waals surface area contributed by atoms with Gasteiger partial charge in [0, 0.05) is 0 Å². The molecule has 0 radical (unpaired) electrons. The first kappa shape index (κ1) is 12.4. The molecule has 2 nitrogen and oxygen atoms in total. The highest BCUT2D eigenvalue weighted by atomic mass is 16.5. The summed E-state index contributed by atoms with van der Waals surface area (Å²) in [6.45, 7) is 5.39. The van der Waals surface area contributed by atoms with Crippen molar-refractivity contribution in [2.45, 2.75) is 32.6 Å². The molecule has 1 aliphatic heterocycles. The van der Waals surface area contributed by atoms with E-state index in [1.54, 1.807) is 0 Å². The van der Waals surface area contributed by atoms with Crippen molar-refractivity contribution in [1.82, 2.24) is 5.32 Å². The fraction of sp³-hybridized carbons (Fsp3) is 0.600. The zero-order valence-electron chi connectivity index (χ0n) is 10.7. The molecule has 94 valence electrons. The van der Waals surface area contributed by atoms with E-state index in [4.69, 9.17) is 4.74 Å². The Morgan fingerprint density at radius 3 is 2.88 bits per heavy atom. The molecule has 17 heavy (non-hydrogen) atoms. The van der Waals surface area contributed by atoms with E-state index >= 15 is 0 Å². The highest BCUT2D eigenvalue weighted by Crippen LogP contribution is 2.18. The molecule has 1 aromatic rings. The topological polar surface area (TPSA) is 21.3 Å². The van der Waals surface area contributed by atoms with Crippen molar-refractivity contribution >= 4 is 0 Å². The molecular formula is C15H23NO. The van der Waals surface area contributed by atoms with Crippen LogP contribution in [-0.4, -0.2) is 19.7 Å². The third-order valence-corrected chi connectivity index (χ3v) is 3.56. The number of piperidine rings is 1. The minimum atomic E-state index is 0.852. The SMILES string of the molecule is CCc1cccc(OCCC2CCNCC2)c1.